The topological polar surface area (TPSA) is 152 Å². The number of aryl methyl sites for hydroxylation is 1. The van der Waals surface area contributed by atoms with Crippen molar-refractivity contribution in [3.05, 3.63) is 95.7 Å². The van der Waals surface area contributed by atoms with Gasteiger partial charge >= 0.3 is 0 Å². The molecule has 5 heterocycles. The summed E-state index contributed by atoms with van der Waals surface area (Å²) in [6, 6.07) is 14.2. The number of anilines is 1. The average molecular weight is 595 g/mol. The second-order valence-electron chi connectivity index (χ2n) is 10.1. The first-order valence-electron chi connectivity index (χ1n) is 13.6. The van der Waals surface area contributed by atoms with Gasteiger partial charge in [0.15, 0.2) is 17.3 Å². The monoisotopic (exact) mass is 594 g/mol. The lowest BCUT2D eigenvalue weighted by Gasteiger charge is -2.16. The van der Waals surface area contributed by atoms with Crippen molar-refractivity contribution in [2.24, 2.45) is 0 Å². The number of rotatable bonds is 7. The van der Waals surface area contributed by atoms with E-state index in [9.17, 15) is 13.6 Å². The molecule has 7 rings (SSSR count). The van der Waals surface area contributed by atoms with Crippen molar-refractivity contribution >= 4 is 22.9 Å². The van der Waals surface area contributed by atoms with Crippen LogP contribution in [0.3, 0.4) is 0 Å². The Bertz CT molecular complexity index is 2030. The lowest BCUT2D eigenvalue weighted by Crippen LogP contribution is -2.27. The van der Waals surface area contributed by atoms with Gasteiger partial charge in [-0.3, -0.25) is 14.3 Å². The summed E-state index contributed by atoms with van der Waals surface area (Å²) >= 11 is 0. The molecule has 1 aliphatic carbocycles. The van der Waals surface area contributed by atoms with Gasteiger partial charge in [0.1, 0.15) is 22.8 Å². The number of hydrogen-bond donors (Lipinski definition) is 2. The van der Waals surface area contributed by atoms with Gasteiger partial charge in [0.25, 0.3) is 12.3 Å². The number of nitrogen functional groups attached to an aromatic ring is 1. The molecule has 12 nitrogen and oxygen atoms in total. The fourth-order valence-electron chi connectivity index (χ4n) is 5.47. The van der Waals surface area contributed by atoms with Gasteiger partial charge in [0.2, 0.25) is 0 Å². The van der Waals surface area contributed by atoms with Crippen LogP contribution in [0.25, 0.3) is 34.1 Å². The van der Waals surface area contributed by atoms with Crippen molar-refractivity contribution in [2.75, 3.05) is 12.8 Å². The Labute approximate surface area is 248 Å². The Balaban J connectivity index is 1.26. The maximum Gasteiger partial charge on any atom is 0.284 e. The number of methoxy groups -OCH3 is 1. The molecule has 5 aromatic heterocycles. The summed E-state index contributed by atoms with van der Waals surface area (Å²) in [6.07, 6.45) is 4.45. The molecule has 44 heavy (non-hydrogen) atoms. The number of imidazole rings is 1. The molecule has 3 N–H and O–H groups in total. The first kappa shape index (κ1) is 27.1. The summed E-state index contributed by atoms with van der Waals surface area (Å²) in [6.45, 7) is 0. The standard InChI is InChI=1S/C30H24F2N10O2/c1-44-23-14-17(15-35-25(23)26(31)32)30(43)39-21-7-4-16-13-18(5-6-19(16)21)41-28(20-3-2-10-34-27(20)33)38-22-8-9-24(40-29(22)41)42-36-11-12-37-42/h2-3,5-6,8-15,21,26H,4,7H2,1H3,(H2,33,34)(H,39,43)/t21-/m0/s1. The molecule has 14 heteroatoms. The van der Waals surface area contributed by atoms with E-state index in [0.717, 1.165) is 23.0 Å². The van der Waals surface area contributed by atoms with Crippen LogP contribution in [0.4, 0.5) is 14.6 Å². The molecule has 0 aliphatic heterocycles. The molecule has 0 fully saturated rings. The molecule has 1 atom stereocenters. The highest BCUT2D eigenvalue weighted by molar-refractivity contribution is 5.94. The number of alkyl halides is 2. The molecule has 220 valence electrons. The zero-order valence-corrected chi connectivity index (χ0v) is 23.2. The van der Waals surface area contributed by atoms with Crippen LogP contribution in [0.5, 0.6) is 5.75 Å². The van der Waals surface area contributed by atoms with Crippen LogP contribution < -0.4 is 15.8 Å². The lowest BCUT2D eigenvalue weighted by molar-refractivity contribution is 0.0934. The molecular weight excluding hydrogens is 570 g/mol. The van der Waals surface area contributed by atoms with E-state index in [4.69, 9.17) is 20.4 Å². The number of amides is 1. The molecule has 1 aromatic carbocycles. The number of ether oxygens (including phenoxy) is 1. The normalized spacial score (nSPS) is 14.2. The fourth-order valence-corrected chi connectivity index (χ4v) is 5.47. The van der Waals surface area contributed by atoms with Crippen molar-refractivity contribution in [1.82, 2.24) is 44.8 Å². The smallest absolute Gasteiger partial charge is 0.284 e. The maximum atomic E-state index is 13.2. The third-order valence-electron chi connectivity index (χ3n) is 7.53. The Kier molecular flexibility index (Phi) is 6.64. The zero-order chi connectivity index (χ0) is 30.4. The van der Waals surface area contributed by atoms with E-state index in [1.165, 1.54) is 18.0 Å². The van der Waals surface area contributed by atoms with Crippen molar-refractivity contribution in [1.29, 1.82) is 0 Å². The molecule has 1 aliphatic rings. The maximum absolute atomic E-state index is 13.2. The summed E-state index contributed by atoms with van der Waals surface area (Å²) in [5.41, 5.74) is 10.6. The summed E-state index contributed by atoms with van der Waals surface area (Å²) in [5.74, 6) is 0.847. The largest absolute Gasteiger partial charge is 0.495 e. The van der Waals surface area contributed by atoms with Crippen LogP contribution in [0.2, 0.25) is 0 Å². The number of nitrogens with one attached hydrogen (secondary N) is 1. The summed E-state index contributed by atoms with van der Waals surface area (Å²) in [7, 11) is 1.26. The fraction of sp³-hybridized carbons (Fsp3) is 0.167. The molecule has 0 bridgehead atoms. The number of nitrogens with zero attached hydrogens (tertiary/aromatic N) is 8. The van der Waals surface area contributed by atoms with Crippen LogP contribution in [0, 0.1) is 0 Å². The second-order valence-corrected chi connectivity index (χ2v) is 10.1. The Morgan fingerprint density at radius 1 is 1.07 bits per heavy atom. The van der Waals surface area contributed by atoms with Crippen LogP contribution in [0.1, 0.15) is 46.1 Å². The van der Waals surface area contributed by atoms with E-state index >= 15 is 0 Å². The molecule has 0 radical (unpaired) electrons. The van der Waals surface area contributed by atoms with Crippen LogP contribution in [0.15, 0.2) is 73.3 Å². The average Bonchev–Trinajstić information content (AvgIpc) is 3.79. The number of aromatic nitrogens is 8. The zero-order valence-electron chi connectivity index (χ0n) is 23.2. The number of pyridine rings is 3. The number of benzene rings is 1. The molecule has 0 saturated carbocycles. The predicted molar refractivity (Wildman–Crippen MR) is 156 cm³/mol. The first-order valence-corrected chi connectivity index (χ1v) is 13.6. The quantitative estimate of drug-likeness (QED) is 0.274. The highest BCUT2D eigenvalue weighted by Gasteiger charge is 2.27. The highest BCUT2D eigenvalue weighted by Crippen LogP contribution is 2.36. The Hall–Kier alpha value is -5.79. The molecule has 0 saturated heterocycles. The minimum absolute atomic E-state index is 0.133. The van der Waals surface area contributed by atoms with Gasteiger partial charge < -0.3 is 15.8 Å². The lowest BCUT2D eigenvalue weighted by atomic mass is 10.1. The van der Waals surface area contributed by atoms with Gasteiger partial charge in [-0.1, -0.05) is 6.07 Å². The van der Waals surface area contributed by atoms with Crippen LogP contribution in [-0.2, 0) is 6.42 Å². The minimum atomic E-state index is -2.82. The highest BCUT2D eigenvalue weighted by atomic mass is 19.3. The number of nitrogens with two attached hydrogens (primary N) is 1. The SMILES string of the molecule is COc1cc(C(=O)N[C@H]2CCc3cc(-n4c(-c5cccnc5N)nc5ccc(-n6nccn6)nc54)ccc32)cnc1C(F)F. The molecule has 0 spiro atoms. The third kappa shape index (κ3) is 4.65. The first-order chi connectivity index (χ1) is 21.4. The molecule has 1 amide bonds. The third-order valence-corrected chi connectivity index (χ3v) is 7.53. The van der Waals surface area contributed by atoms with Gasteiger partial charge in [-0.15, -0.1) is 4.80 Å². The van der Waals surface area contributed by atoms with E-state index in [2.05, 4.69) is 25.5 Å². The van der Waals surface area contributed by atoms with E-state index in [1.54, 1.807) is 30.7 Å². The number of hydrogen-bond acceptors (Lipinski definition) is 9. The van der Waals surface area contributed by atoms with Gasteiger partial charge in [-0.25, -0.2) is 23.7 Å². The van der Waals surface area contributed by atoms with Gasteiger partial charge in [-0.2, -0.15) is 10.2 Å². The van der Waals surface area contributed by atoms with E-state index in [0.29, 0.717) is 47.0 Å². The number of carbonyl (C=O) groups excluding carboxylic acids is 1. The van der Waals surface area contributed by atoms with Crippen molar-refractivity contribution in [3.63, 3.8) is 0 Å². The number of halogens is 2. The Morgan fingerprint density at radius 2 is 1.91 bits per heavy atom. The van der Waals surface area contributed by atoms with Crippen molar-refractivity contribution < 1.29 is 18.3 Å². The number of carbonyl (C=O) groups is 1. The van der Waals surface area contributed by atoms with Gasteiger partial charge in [0, 0.05) is 18.1 Å². The predicted octanol–water partition coefficient (Wildman–Crippen LogP) is 4.40. The Morgan fingerprint density at radius 3 is 2.68 bits per heavy atom. The van der Waals surface area contributed by atoms with Gasteiger partial charge in [0.05, 0.1) is 36.7 Å². The van der Waals surface area contributed by atoms with Crippen molar-refractivity contribution in [2.45, 2.75) is 25.3 Å². The summed E-state index contributed by atoms with van der Waals surface area (Å²) in [4.78, 5) is 32.2. The van der Waals surface area contributed by atoms with E-state index in [1.807, 2.05) is 34.9 Å². The minimum Gasteiger partial charge on any atom is -0.495 e. The molecule has 6 aromatic rings. The van der Waals surface area contributed by atoms with E-state index in [-0.39, 0.29) is 17.4 Å². The second kappa shape index (κ2) is 10.8. The van der Waals surface area contributed by atoms with Crippen LogP contribution in [-0.4, -0.2) is 52.5 Å². The number of fused-ring (bicyclic) bond motifs is 2. The van der Waals surface area contributed by atoms with Crippen molar-refractivity contribution in [3.8, 4) is 28.6 Å². The van der Waals surface area contributed by atoms with Crippen LogP contribution >= 0.6 is 0 Å². The molecule has 0 unspecified atom stereocenters. The molecular formula is C30H24F2N10O2. The summed E-state index contributed by atoms with van der Waals surface area (Å²) < 4.78 is 33.4. The van der Waals surface area contributed by atoms with Gasteiger partial charge in [-0.05, 0) is 66.4 Å². The van der Waals surface area contributed by atoms with E-state index < -0.39 is 18.0 Å². The summed E-state index contributed by atoms with van der Waals surface area (Å²) in [5, 5.41) is 11.4.